The van der Waals surface area contributed by atoms with Crippen molar-refractivity contribution in [2.45, 2.75) is 50.7 Å². The van der Waals surface area contributed by atoms with E-state index in [4.69, 9.17) is 9.47 Å². The van der Waals surface area contributed by atoms with E-state index >= 15 is 0 Å². The Morgan fingerprint density at radius 1 is 1.22 bits per heavy atom. The van der Waals surface area contributed by atoms with Crippen molar-refractivity contribution in [2.75, 3.05) is 0 Å². The van der Waals surface area contributed by atoms with E-state index in [9.17, 15) is 9.59 Å². The van der Waals surface area contributed by atoms with Crippen LogP contribution in [0.1, 0.15) is 38.5 Å². The summed E-state index contributed by atoms with van der Waals surface area (Å²) in [6.07, 6.45) is 6.04. The summed E-state index contributed by atoms with van der Waals surface area (Å²) < 4.78 is 10.8. The molecule has 3 fully saturated rings. The van der Waals surface area contributed by atoms with Gasteiger partial charge in [0, 0.05) is 5.92 Å². The van der Waals surface area contributed by atoms with E-state index in [1.807, 2.05) is 0 Å². The summed E-state index contributed by atoms with van der Waals surface area (Å²) in [5.41, 5.74) is 1.28. The van der Waals surface area contributed by atoms with Crippen molar-refractivity contribution in [2.24, 2.45) is 11.8 Å². The molecule has 0 spiro atoms. The molecule has 4 nitrogen and oxygen atoms in total. The van der Waals surface area contributed by atoms with Crippen molar-refractivity contribution >= 4 is 11.9 Å². The van der Waals surface area contributed by atoms with Crippen molar-refractivity contribution in [3.8, 4) is 0 Å². The number of rotatable bonds is 2. The highest BCUT2D eigenvalue weighted by atomic mass is 16.6. The monoisotopic (exact) mass is 248 g/mol. The first-order valence-corrected chi connectivity index (χ1v) is 6.90. The molecule has 3 unspecified atom stereocenters. The molecule has 0 aromatic carbocycles. The van der Waals surface area contributed by atoms with Gasteiger partial charge in [-0.3, -0.25) is 0 Å². The maximum atomic E-state index is 12.2. The second-order valence-corrected chi connectivity index (χ2v) is 5.86. The van der Waals surface area contributed by atoms with Gasteiger partial charge in [-0.15, -0.1) is 0 Å². The predicted octanol–water partition coefficient (Wildman–Crippen LogP) is 1.73. The summed E-state index contributed by atoms with van der Waals surface area (Å²) in [6, 6.07) is 0. The third kappa shape index (κ3) is 1.32. The Labute approximate surface area is 105 Å². The Morgan fingerprint density at radius 2 is 2.00 bits per heavy atom. The highest BCUT2D eigenvalue weighted by molar-refractivity contribution is 6.04. The molecule has 0 radical (unpaired) electrons. The van der Waals surface area contributed by atoms with E-state index in [1.54, 1.807) is 0 Å². The van der Waals surface area contributed by atoms with E-state index in [2.05, 4.69) is 0 Å². The minimum Gasteiger partial charge on any atom is -0.459 e. The second-order valence-electron chi connectivity index (χ2n) is 5.86. The number of carbonyl (C=O) groups is 2. The van der Waals surface area contributed by atoms with E-state index < -0.39 is 0 Å². The van der Waals surface area contributed by atoms with Crippen LogP contribution in [0.5, 0.6) is 0 Å². The van der Waals surface area contributed by atoms with Crippen LogP contribution in [0.25, 0.3) is 0 Å². The fraction of sp³-hybridized carbons (Fsp3) is 0.714. The van der Waals surface area contributed by atoms with Gasteiger partial charge in [-0.2, -0.15) is 0 Å². The van der Waals surface area contributed by atoms with Gasteiger partial charge in [-0.25, -0.2) is 9.59 Å². The van der Waals surface area contributed by atoms with Gasteiger partial charge in [-0.1, -0.05) is 0 Å². The molecular weight excluding hydrogens is 232 g/mol. The van der Waals surface area contributed by atoms with Crippen LogP contribution < -0.4 is 0 Å². The molecule has 1 saturated heterocycles. The van der Waals surface area contributed by atoms with E-state index in [0.29, 0.717) is 11.1 Å². The van der Waals surface area contributed by atoms with Gasteiger partial charge in [0.05, 0.1) is 11.1 Å². The van der Waals surface area contributed by atoms with Crippen molar-refractivity contribution in [1.29, 1.82) is 0 Å². The first-order valence-electron chi connectivity index (χ1n) is 6.90. The summed E-state index contributed by atoms with van der Waals surface area (Å²) >= 11 is 0. The molecular formula is C14H16O4. The number of carbonyl (C=O) groups excluding carboxylic acids is 2. The summed E-state index contributed by atoms with van der Waals surface area (Å²) in [4.78, 5) is 24.0. The quantitative estimate of drug-likeness (QED) is 0.698. The van der Waals surface area contributed by atoms with Crippen LogP contribution in [0.15, 0.2) is 11.1 Å². The van der Waals surface area contributed by atoms with Gasteiger partial charge in [-0.05, 0) is 44.4 Å². The van der Waals surface area contributed by atoms with E-state index in [1.165, 1.54) is 0 Å². The second kappa shape index (κ2) is 3.59. The average molecular weight is 248 g/mol. The maximum Gasteiger partial charge on any atom is 0.335 e. The van der Waals surface area contributed by atoms with Crippen molar-refractivity contribution in [3.63, 3.8) is 0 Å². The molecule has 2 bridgehead atoms. The number of ether oxygens (including phenoxy) is 2. The number of hydrogen-bond donors (Lipinski definition) is 0. The Balaban J connectivity index is 1.60. The van der Waals surface area contributed by atoms with E-state index in [0.717, 1.165) is 38.5 Å². The lowest BCUT2D eigenvalue weighted by atomic mass is 9.92. The standard InChI is InChI=1S/C14H16O4/c15-13(17-8-3-1-2-4-8)11-7-5-9-10(6-7)18-14(16)12(9)11/h7-10H,1-6H2. The number of hydrogen-bond acceptors (Lipinski definition) is 4. The Morgan fingerprint density at radius 3 is 2.78 bits per heavy atom. The average Bonchev–Trinajstić information content (AvgIpc) is 3.02. The SMILES string of the molecule is O=C(OC1CCCC1)C1=C2C(=O)OC3CC1CC23. The summed E-state index contributed by atoms with van der Waals surface area (Å²) in [6.45, 7) is 0. The molecule has 1 aliphatic heterocycles. The van der Waals surface area contributed by atoms with E-state index in [-0.39, 0.29) is 36.0 Å². The van der Waals surface area contributed by atoms with Crippen LogP contribution in [-0.4, -0.2) is 24.1 Å². The molecule has 0 N–H and O–H groups in total. The molecule has 3 aliphatic carbocycles. The van der Waals surface area contributed by atoms with Gasteiger partial charge >= 0.3 is 11.9 Å². The normalized spacial score (nSPS) is 37.6. The van der Waals surface area contributed by atoms with Gasteiger partial charge in [0.2, 0.25) is 0 Å². The van der Waals surface area contributed by atoms with Crippen LogP contribution >= 0.6 is 0 Å². The lowest BCUT2D eigenvalue weighted by Crippen LogP contribution is -2.22. The first kappa shape index (κ1) is 10.6. The zero-order valence-corrected chi connectivity index (χ0v) is 10.2. The number of esters is 2. The Hall–Kier alpha value is -1.32. The third-order valence-corrected chi connectivity index (χ3v) is 4.85. The minimum atomic E-state index is -0.275. The molecule has 18 heavy (non-hydrogen) atoms. The van der Waals surface area contributed by atoms with Gasteiger partial charge < -0.3 is 9.47 Å². The highest BCUT2D eigenvalue weighted by Gasteiger charge is 2.57. The van der Waals surface area contributed by atoms with Gasteiger partial charge in [0.1, 0.15) is 12.2 Å². The molecule has 0 aromatic heterocycles. The summed E-state index contributed by atoms with van der Waals surface area (Å²) in [7, 11) is 0. The van der Waals surface area contributed by atoms with Crippen LogP contribution in [-0.2, 0) is 19.1 Å². The molecule has 0 amide bonds. The molecule has 96 valence electrons. The fourth-order valence-corrected chi connectivity index (χ4v) is 4.05. The fourth-order valence-electron chi connectivity index (χ4n) is 4.05. The molecule has 4 rings (SSSR count). The lowest BCUT2D eigenvalue weighted by Gasteiger charge is -2.17. The maximum absolute atomic E-state index is 12.2. The molecule has 4 heteroatoms. The zero-order valence-electron chi connectivity index (χ0n) is 10.2. The van der Waals surface area contributed by atoms with Crippen LogP contribution in [0.4, 0.5) is 0 Å². The van der Waals surface area contributed by atoms with Crippen molar-refractivity contribution in [1.82, 2.24) is 0 Å². The Kier molecular flexibility index (Phi) is 2.11. The third-order valence-electron chi connectivity index (χ3n) is 4.85. The minimum absolute atomic E-state index is 0.0422. The Bertz CT molecular complexity index is 458. The summed E-state index contributed by atoms with van der Waals surface area (Å²) in [5.74, 6) is -0.144. The zero-order chi connectivity index (χ0) is 12.3. The van der Waals surface area contributed by atoms with Crippen LogP contribution in [0.2, 0.25) is 0 Å². The van der Waals surface area contributed by atoms with Crippen LogP contribution in [0, 0.1) is 11.8 Å². The first-order chi connectivity index (χ1) is 8.74. The molecule has 3 atom stereocenters. The van der Waals surface area contributed by atoms with Gasteiger partial charge in [0.25, 0.3) is 0 Å². The van der Waals surface area contributed by atoms with Gasteiger partial charge in [0.15, 0.2) is 0 Å². The van der Waals surface area contributed by atoms with Crippen molar-refractivity contribution in [3.05, 3.63) is 11.1 Å². The molecule has 4 aliphatic rings. The highest BCUT2D eigenvalue weighted by Crippen LogP contribution is 2.54. The molecule has 0 aromatic rings. The molecule has 1 heterocycles. The summed E-state index contributed by atoms with van der Waals surface area (Å²) in [5, 5.41) is 0. The lowest BCUT2D eigenvalue weighted by molar-refractivity contribution is -0.145. The largest absolute Gasteiger partial charge is 0.459 e. The predicted molar refractivity (Wildman–Crippen MR) is 61.5 cm³/mol. The van der Waals surface area contributed by atoms with Crippen LogP contribution in [0.3, 0.4) is 0 Å². The number of fused-ring (bicyclic) bond motifs is 1. The molecule has 2 saturated carbocycles. The smallest absolute Gasteiger partial charge is 0.335 e. The topological polar surface area (TPSA) is 52.6 Å². The van der Waals surface area contributed by atoms with Crippen molar-refractivity contribution < 1.29 is 19.1 Å².